The monoisotopic (exact) mass is 363 g/mol. The lowest BCUT2D eigenvalue weighted by atomic mass is 9.88. The van der Waals surface area contributed by atoms with Crippen molar-refractivity contribution in [3.63, 3.8) is 0 Å². The zero-order valence-corrected chi connectivity index (χ0v) is 15.6. The van der Waals surface area contributed by atoms with E-state index in [1.165, 1.54) is 0 Å². The third-order valence-corrected chi connectivity index (χ3v) is 7.49. The molecular weight excluding hydrogens is 338 g/mol. The first-order valence-corrected chi connectivity index (χ1v) is 10.5. The molecule has 25 heavy (non-hydrogen) atoms. The van der Waals surface area contributed by atoms with Crippen molar-refractivity contribution >= 4 is 16.1 Å². The molecule has 136 valence electrons. The third kappa shape index (κ3) is 2.64. The Labute approximate surface area is 149 Å². The number of fused-ring (bicyclic) bond motifs is 2. The van der Waals surface area contributed by atoms with Gasteiger partial charge >= 0.3 is 6.03 Å². The normalized spacial score (nSPS) is 27.9. The van der Waals surface area contributed by atoms with E-state index in [9.17, 15) is 13.2 Å². The van der Waals surface area contributed by atoms with Crippen molar-refractivity contribution in [2.75, 3.05) is 19.6 Å². The third-order valence-electron chi connectivity index (χ3n) is 5.50. The highest BCUT2D eigenvalue weighted by molar-refractivity contribution is 7.89. The van der Waals surface area contributed by atoms with Gasteiger partial charge in [-0.25, -0.2) is 13.2 Å². The molecule has 1 aromatic carbocycles. The second kappa shape index (κ2) is 5.71. The minimum absolute atomic E-state index is 0.0613. The number of carbonyl (C=O) groups excluding carboxylic acids is 1. The van der Waals surface area contributed by atoms with Crippen molar-refractivity contribution in [1.29, 1.82) is 0 Å². The van der Waals surface area contributed by atoms with E-state index in [2.05, 4.69) is 5.32 Å². The predicted molar refractivity (Wildman–Crippen MR) is 94.6 cm³/mol. The molecule has 1 saturated carbocycles. The summed E-state index contributed by atoms with van der Waals surface area (Å²) < 4.78 is 28.0. The molecule has 7 heteroatoms. The van der Waals surface area contributed by atoms with E-state index in [4.69, 9.17) is 0 Å². The molecule has 0 aromatic heterocycles. The highest BCUT2D eigenvalue weighted by Crippen LogP contribution is 2.50. The van der Waals surface area contributed by atoms with Gasteiger partial charge in [-0.1, -0.05) is 18.2 Å². The number of sulfonamides is 1. The van der Waals surface area contributed by atoms with E-state index in [0.29, 0.717) is 36.9 Å². The Balaban J connectivity index is 1.72. The molecule has 1 atom stereocenters. The Morgan fingerprint density at radius 1 is 1.32 bits per heavy atom. The molecule has 3 aliphatic rings. The number of rotatable bonds is 3. The fraction of sp³-hybridized carbons (Fsp3) is 0.611. The SMILES string of the molecule is CC(C)NC(=O)N1CCC2(C1)c1ccccc1S(=O)(=O)N2CC1CC1. The van der Waals surface area contributed by atoms with Gasteiger partial charge < -0.3 is 10.2 Å². The average Bonchev–Trinajstić information content (AvgIpc) is 3.24. The van der Waals surface area contributed by atoms with Crippen LogP contribution in [0.15, 0.2) is 29.2 Å². The molecule has 1 aliphatic carbocycles. The summed E-state index contributed by atoms with van der Waals surface area (Å²) in [5, 5.41) is 2.92. The molecule has 1 saturated heterocycles. The lowest BCUT2D eigenvalue weighted by Gasteiger charge is -2.34. The summed E-state index contributed by atoms with van der Waals surface area (Å²) in [5.41, 5.74) is 0.252. The topological polar surface area (TPSA) is 69.7 Å². The lowest BCUT2D eigenvalue weighted by Crippen LogP contribution is -2.49. The molecule has 4 rings (SSSR count). The van der Waals surface area contributed by atoms with Crippen LogP contribution in [0.25, 0.3) is 0 Å². The number of amides is 2. The summed E-state index contributed by atoms with van der Waals surface area (Å²) in [6.07, 6.45) is 2.84. The van der Waals surface area contributed by atoms with Crippen LogP contribution in [0.4, 0.5) is 4.79 Å². The fourth-order valence-corrected chi connectivity index (χ4v) is 6.23. The van der Waals surface area contributed by atoms with E-state index < -0.39 is 15.6 Å². The van der Waals surface area contributed by atoms with Gasteiger partial charge in [0, 0.05) is 25.7 Å². The van der Waals surface area contributed by atoms with Gasteiger partial charge in [-0.15, -0.1) is 0 Å². The highest BCUT2D eigenvalue weighted by Gasteiger charge is 2.58. The van der Waals surface area contributed by atoms with Crippen molar-refractivity contribution < 1.29 is 13.2 Å². The first kappa shape index (κ1) is 16.8. The first-order chi connectivity index (χ1) is 11.8. The van der Waals surface area contributed by atoms with Crippen LogP contribution < -0.4 is 5.32 Å². The fourth-order valence-electron chi connectivity index (χ4n) is 4.10. The standard InChI is InChI=1S/C18H25N3O3S/c1-13(2)19-17(22)20-10-9-18(12-20)15-5-3-4-6-16(15)25(23,24)21(18)11-14-7-8-14/h3-6,13-14H,7-12H2,1-2H3,(H,19,22). The Kier molecular flexibility index (Phi) is 3.85. The molecular formula is C18H25N3O3S. The van der Waals surface area contributed by atoms with E-state index in [0.717, 1.165) is 18.4 Å². The van der Waals surface area contributed by atoms with Gasteiger partial charge in [-0.2, -0.15) is 4.31 Å². The van der Waals surface area contributed by atoms with Crippen LogP contribution in [0.3, 0.4) is 0 Å². The van der Waals surface area contributed by atoms with Gasteiger partial charge in [-0.05, 0) is 50.7 Å². The molecule has 2 fully saturated rings. The van der Waals surface area contributed by atoms with Crippen molar-refractivity contribution in [3.05, 3.63) is 29.8 Å². The molecule has 2 heterocycles. The number of nitrogens with zero attached hydrogens (tertiary/aromatic N) is 2. The number of nitrogens with one attached hydrogen (secondary N) is 1. The summed E-state index contributed by atoms with van der Waals surface area (Å²) in [6.45, 7) is 5.42. The molecule has 1 N–H and O–H groups in total. The molecule has 6 nitrogen and oxygen atoms in total. The summed E-state index contributed by atoms with van der Waals surface area (Å²) in [6, 6.07) is 7.25. The number of hydrogen-bond acceptors (Lipinski definition) is 3. The van der Waals surface area contributed by atoms with Crippen molar-refractivity contribution in [1.82, 2.24) is 14.5 Å². The number of carbonyl (C=O) groups is 1. The van der Waals surface area contributed by atoms with Crippen LogP contribution >= 0.6 is 0 Å². The molecule has 2 aliphatic heterocycles. The minimum atomic E-state index is -3.49. The summed E-state index contributed by atoms with van der Waals surface area (Å²) in [7, 11) is -3.49. The second-order valence-electron chi connectivity index (χ2n) is 7.78. The van der Waals surface area contributed by atoms with E-state index in [1.807, 2.05) is 26.0 Å². The molecule has 1 spiro atoms. The maximum Gasteiger partial charge on any atom is 0.317 e. The maximum atomic E-state index is 13.2. The van der Waals surface area contributed by atoms with E-state index in [-0.39, 0.29) is 12.1 Å². The number of benzene rings is 1. The zero-order chi connectivity index (χ0) is 17.8. The average molecular weight is 363 g/mol. The quantitative estimate of drug-likeness (QED) is 0.894. The lowest BCUT2D eigenvalue weighted by molar-refractivity contribution is 0.177. The van der Waals surface area contributed by atoms with E-state index in [1.54, 1.807) is 21.3 Å². The van der Waals surface area contributed by atoms with Gasteiger partial charge in [-0.3, -0.25) is 0 Å². The summed E-state index contributed by atoms with van der Waals surface area (Å²) in [4.78, 5) is 14.6. The largest absolute Gasteiger partial charge is 0.336 e. The van der Waals surface area contributed by atoms with Crippen LogP contribution in [0.5, 0.6) is 0 Å². The van der Waals surface area contributed by atoms with Crippen LogP contribution in [-0.2, 0) is 15.6 Å². The zero-order valence-electron chi connectivity index (χ0n) is 14.7. The van der Waals surface area contributed by atoms with Gasteiger partial charge in [0.05, 0.1) is 10.4 Å². The summed E-state index contributed by atoms with van der Waals surface area (Å²) >= 11 is 0. The molecule has 2 amide bonds. The number of hydrogen-bond donors (Lipinski definition) is 1. The van der Waals surface area contributed by atoms with Gasteiger partial charge in [0.2, 0.25) is 10.0 Å². The van der Waals surface area contributed by atoms with Crippen LogP contribution in [0.2, 0.25) is 0 Å². The Bertz CT molecular complexity index is 804. The Morgan fingerprint density at radius 3 is 2.72 bits per heavy atom. The molecule has 0 radical (unpaired) electrons. The predicted octanol–water partition coefficient (Wildman–Crippen LogP) is 2.12. The van der Waals surface area contributed by atoms with E-state index >= 15 is 0 Å². The molecule has 1 aromatic rings. The van der Waals surface area contributed by atoms with Crippen LogP contribution in [-0.4, -0.2) is 49.3 Å². The summed E-state index contributed by atoms with van der Waals surface area (Å²) in [5.74, 6) is 0.458. The Hall–Kier alpha value is -1.60. The minimum Gasteiger partial charge on any atom is -0.336 e. The van der Waals surface area contributed by atoms with Gasteiger partial charge in [0.15, 0.2) is 0 Å². The van der Waals surface area contributed by atoms with Crippen molar-refractivity contribution in [2.45, 2.75) is 49.6 Å². The smallest absolute Gasteiger partial charge is 0.317 e. The second-order valence-corrected chi connectivity index (χ2v) is 9.61. The Morgan fingerprint density at radius 2 is 2.04 bits per heavy atom. The molecule has 1 unspecified atom stereocenters. The van der Waals surface area contributed by atoms with Crippen LogP contribution in [0, 0.1) is 5.92 Å². The number of likely N-dealkylation sites (tertiary alicyclic amines) is 1. The van der Waals surface area contributed by atoms with Gasteiger partial charge in [0.25, 0.3) is 0 Å². The van der Waals surface area contributed by atoms with Gasteiger partial charge in [0.1, 0.15) is 0 Å². The first-order valence-electron chi connectivity index (χ1n) is 9.02. The highest BCUT2D eigenvalue weighted by atomic mass is 32.2. The van der Waals surface area contributed by atoms with Crippen LogP contribution in [0.1, 0.15) is 38.7 Å². The maximum absolute atomic E-state index is 13.2. The number of urea groups is 1. The molecule has 0 bridgehead atoms. The van der Waals surface area contributed by atoms with Crippen molar-refractivity contribution in [3.8, 4) is 0 Å². The van der Waals surface area contributed by atoms with Crippen molar-refractivity contribution in [2.24, 2.45) is 5.92 Å².